The molecule has 1 N–H and O–H groups in total. The number of aryl methyl sites for hydroxylation is 2. The summed E-state index contributed by atoms with van der Waals surface area (Å²) < 4.78 is 59.6. The second-order valence-electron chi connectivity index (χ2n) is 8.86. The Morgan fingerprint density at radius 2 is 1.70 bits per heavy atom. The molecule has 1 aliphatic rings. The average molecular weight is 529 g/mol. The van der Waals surface area contributed by atoms with E-state index in [-0.39, 0.29) is 41.1 Å². The van der Waals surface area contributed by atoms with Gasteiger partial charge in [-0.1, -0.05) is 29.8 Å². The number of likely N-dealkylation sites (tertiary alicyclic amines) is 1. The fourth-order valence-corrected chi connectivity index (χ4v) is 5.48. The van der Waals surface area contributed by atoms with E-state index in [2.05, 4.69) is 4.72 Å². The molecule has 1 heterocycles. The van der Waals surface area contributed by atoms with Crippen LogP contribution in [0.1, 0.15) is 21.5 Å². The van der Waals surface area contributed by atoms with Crippen LogP contribution in [0, 0.1) is 19.7 Å². The monoisotopic (exact) mass is 528 g/mol. The zero-order chi connectivity index (χ0) is 26.7. The fraction of sp³-hybridized carbons (Fsp3) is 0.296. The van der Waals surface area contributed by atoms with Crippen LogP contribution in [0.4, 0.5) is 10.1 Å². The Hall–Kier alpha value is -3.63. The molecule has 1 saturated heterocycles. The number of rotatable bonds is 8. The van der Waals surface area contributed by atoms with Crippen LogP contribution in [-0.4, -0.2) is 58.7 Å². The number of hydrogen-bond acceptors (Lipinski definition) is 6. The van der Waals surface area contributed by atoms with E-state index < -0.39 is 28.0 Å². The van der Waals surface area contributed by atoms with Crippen molar-refractivity contribution >= 4 is 21.6 Å². The topological polar surface area (TPSA) is 94.2 Å². The van der Waals surface area contributed by atoms with Crippen molar-refractivity contribution in [3.63, 3.8) is 0 Å². The molecule has 3 aromatic rings. The number of amides is 1. The van der Waals surface area contributed by atoms with Crippen molar-refractivity contribution < 1.29 is 31.8 Å². The van der Waals surface area contributed by atoms with Gasteiger partial charge in [0.1, 0.15) is 22.9 Å². The number of hydrogen-bond donors (Lipinski definition) is 1. The first-order chi connectivity index (χ1) is 17.6. The molecule has 8 nitrogen and oxygen atoms in total. The van der Waals surface area contributed by atoms with Gasteiger partial charge in [0.15, 0.2) is 11.6 Å². The number of anilines is 1. The summed E-state index contributed by atoms with van der Waals surface area (Å²) in [5.41, 5.74) is 2.53. The molecule has 0 spiro atoms. The summed E-state index contributed by atoms with van der Waals surface area (Å²) in [5, 5.41) is 0. The van der Waals surface area contributed by atoms with Crippen molar-refractivity contribution in [2.24, 2.45) is 0 Å². The molecule has 1 aliphatic heterocycles. The van der Waals surface area contributed by atoms with Gasteiger partial charge in [-0.25, -0.2) is 12.8 Å². The minimum atomic E-state index is -4.02. The maximum atomic E-state index is 14.7. The smallest absolute Gasteiger partial charge is 0.265 e. The highest BCUT2D eigenvalue weighted by atomic mass is 32.2. The summed E-state index contributed by atoms with van der Waals surface area (Å²) in [6.45, 7) is 4.25. The zero-order valence-corrected chi connectivity index (χ0v) is 21.8. The number of ether oxygens (including phenoxy) is 3. The zero-order valence-electron chi connectivity index (χ0n) is 21.0. The van der Waals surface area contributed by atoms with Crippen LogP contribution in [0.5, 0.6) is 11.5 Å². The van der Waals surface area contributed by atoms with Crippen molar-refractivity contribution in [1.82, 2.24) is 4.90 Å². The van der Waals surface area contributed by atoms with E-state index in [0.29, 0.717) is 5.56 Å². The number of methoxy groups -OCH3 is 2. The van der Waals surface area contributed by atoms with Gasteiger partial charge in [0.2, 0.25) is 0 Å². The Kier molecular flexibility index (Phi) is 7.70. The summed E-state index contributed by atoms with van der Waals surface area (Å²) in [5.74, 6) is -0.813. The number of para-hydroxylation sites is 1. The van der Waals surface area contributed by atoms with Crippen LogP contribution in [0.15, 0.2) is 65.6 Å². The van der Waals surface area contributed by atoms with Crippen LogP contribution in [-0.2, 0) is 14.8 Å². The standard InChI is InChI=1S/C27H29FN2O6S/c1-17-9-10-18(2)20(13-17)27(31)30-15-24(35-4)25(16-30)36-23-14-19(11-12-21(23)28)29-37(32,33)26-8-6-5-7-22(26)34-3/h5-14,24-25,29H,15-16H2,1-4H3. The molecule has 1 fully saturated rings. The van der Waals surface area contributed by atoms with Crippen LogP contribution in [0.3, 0.4) is 0 Å². The molecule has 37 heavy (non-hydrogen) atoms. The molecule has 0 aliphatic carbocycles. The molecule has 0 aromatic heterocycles. The molecule has 0 bridgehead atoms. The molecule has 196 valence electrons. The average Bonchev–Trinajstić information content (AvgIpc) is 3.29. The summed E-state index contributed by atoms with van der Waals surface area (Å²) in [4.78, 5) is 14.8. The van der Waals surface area contributed by atoms with Gasteiger partial charge in [0.05, 0.1) is 25.9 Å². The molecule has 3 aromatic carbocycles. The lowest BCUT2D eigenvalue weighted by molar-refractivity contribution is 0.0323. The highest BCUT2D eigenvalue weighted by Crippen LogP contribution is 2.30. The Labute approximate surface area is 216 Å². The normalized spacial score (nSPS) is 17.5. The number of sulfonamides is 1. The van der Waals surface area contributed by atoms with E-state index in [0.717, 1.165) is 17.2 Å². The SMILES string of the molecule is COc1ccccc1S(=O)(=O)Nc1ccc(F)c(OC2CN(C(=O)c3cc(C)ccc3C)CC2OC)c1. The van der Waals surface area contributed by atoms with E-state index in [1.165, 1.54) is 38.5 Å². The van der Waals surface area contributed by atoms with Crippen LogP contribution >= 0.6 is 0 Å². The lowest BCUT2D eigenvalue weighted by atomic mass is 10.0. The minimum Gasteiger partial charge on any atom is -0.495 e. The highest BCUT2D eigenvalue weighted by molar-refractivity contribution is 7.92. The molecule has 2 atom stereocenters. The van der Waals surface area contributed by atoms with E-state index in [1.807, 2.05) is 32.0 Å². The number of carbonyl (C=O) groups excluding carboxylic acids is 1. The van der Waals surface area contributed by atoms with Gasteiger partial charge in [-0.2, -0.15) is 0 Å². The molecule has 1 amide bonds. The molecular weight excluding hydrogens is 499 g/mol. The van der Waals surface area contributed by atoms with Crippen molar-refractivity contribution in [2.45, 2.75) is 31.0 Å². The van der Waals surface area contributed by atoms with Gasteiger partial charge in [-0.05, 0) is 49.7 Å². The Balaban J connectivity index is 1.53. The van der Waals surface area contributed by atoms with Gasteiger partial charge in [-0.3, -0.25) is 9.52 Å². The first kappa shape index (κ1) is 26.4. The third kappa shape index (κ3) is 5.70. The number of nitrogens with zero attached hydrogens (tertiary/aromatic N) is 1. The minimum absolute atomic E-state index is 0.0554. The van der Waals surface area contributed by atoms with Gasteiger partial charge >= 0.3 is 0 Å². The molecule has 2 unspecified atom stereocenters. The first-order valence-electron chi connectivity index (χ1n) is 11.6. The summed E-state index contributed by atoms with van der Waals surface area (Å²) in [6.07, 6.45) is -1.16. The number of nitrogens with one attached hydrogen (secondary N) is 1. The lowest BCUT2D eigenvalue weighted by Gasteiger charge is -2.20. The maximum Gasteiger partial charge on any atom is 0.265 e. The Bertz CT molecular complexity index is 1410. The number of benzene rings is 3. The van der Waals surface area contributed by atoms with Crippen LogP contribution in [0.25, 0.3) is 0 Å². The Morgan fingerprint density at radius 1 is 0.973 bits per heavy atom. The van der Waals surface area contributed by atoms with E-state index in [4.69, 9.17) is 14.2 Å². The van der Waals surface area contributed by atoms with Gasteiger partial charge in [0.25, 0.3) is 15.9 Å². The lowest BCUT2D eigenvalue weighted by Crippen LogP contribution is -2.32. The number of carbonyl (C=O) groups is 1. The maximum absolute atomic E-state index is 14.7. The van der Waals surface area contributed by atoms with Gasteiger partial charge in [-0.15, -0.1) is 0 Å². The van der Waals surface area contributed by atoms with Crippen LogP contribution < -0.4 is 14.2 Å². The number of halogens is 1. The second kappa shape index (κ2) is 10.8. The van der Waals surface area contributed by atoms with E-state index in [9.17, 15) is 17.6 Å². The fourth-order valence-electron chi connectivity index (χ4n) is 4.26. The summed E-state index contributed by atoms with van der Waals surface area (Å²) >= 11 is 0. The first-order valence-corrected chi connectivity index (χ1v) is 13.1. The Morgan fingerprint density at radius 3 is 2.43 bits per heavy atom. The molecular formula is C27H29FN2O6S. The molecule has 4 rings (SSSR count). The molecule has 10 heteroatoms. The molecule has 0 radical (unpaired) electrons. The van der Waals surface area contributed by atoms with Crippen LogP contribution in [0.2, 0.25) is 0 Å². The largest absolute Gasteiger partial charge is 0.495 e. The highest BCUT2D eigenvalue weighted by Gasteiger charge is 2.38. The van der Waals surface area contributed by atoms with Gasteiger partial charge < -0.3 is 19.1 Å². The van der Waals surface area contributed by atoms with Crippen molar-refractivity contribution in [2.75, 3.05) is 32.0 Å². The predicted molar refractivity (Wildman–Crippen MR) is 137 cm³/mol. The second-order valence-corrected chi connectivity index (χ2v) is 10.5. The van der Waals surface area contributed by atoms with Crippen molar-refractivity contribution in [1.29, 1.82) is 0 Å². The van der Waals surface area contributed by atoms with Crippen molar-refractivity contribution in [3.05, 3.63) is 83.2 Å². The van der Waals surface area contributed by atoms with Crippen molar-refractivity contribution in [3.8, 4) is 11.5 Å². The summed E-state index contributed by atoms with van der Waals surface area (Å²) in [7, 11) is -1.14. The van der Waals surface area contributed by atoms with E-state index in [1.54, 1.807) is 17.0 Å². The molecule has 0 saturated carbocycles. The predicted octanol–water partition coefficient (Wildman–Crippen LogP) is 4.17. The van der Waals surface area contributed by atoms with Gasteiger partial charge in [0, 0.05) is 18.7 Å². The quantitative estimate of drug-likeness (QED) is 0.472. The third-order valence-electron chi connectivity index (χ3n) is 6.25. The van der Waals surface area contributed by atoms with E-state index >= 15 is 0 Å². The third-order valence-corrected chi connectivity index (χ3v) is 7.67. The summed E-state index contributed by atoms with van der Waals surface area (Å²) in [6, 6.07) is 15.5.